The lowest BCUT2D eigenvalue weighted by atomic mass is 10.2. The molecule has 32 heavy (non-hydrogen) atoms. The summed E-state index contributed by atoms with van der Waals surface area (Å²) < 4.78 is 15.9. The average Bonchev–Trinajstić information content (AvgIpc) is 3.39. The highest BCUT2D eigenvalue weighted by atomic mass is 35.5. The molecule has 0 unspecified atom stereocenters. The van der Waals surface area contributed by atoms with E-state index in [0.29, 0.717) is 24.0 Å². The average molecular weight is 444 g/mol. The van der Waals surface area contributed by atoms with Crippen LogP contribution in [0.25, 0.3) is 28.1 Å². The van der Waals surface area contributed by atoms with Crippen molar-refractivity contribution < 1.29 is 9.47 Å². The molecular weight excluding hydrogens is 426 g/mol. The number of aromatic nitrogens is 5. The second kappa shape index (κ2) is 7.69. The normalized spacial score (nSPS) is 12.7. The summed E-state index contributed by atoms with van der Waals surface area (Å²) in [5.74, 6) is 2.38. The maximum Gasteiger partial charge on any atom is 0.145 e. The third kappa shape index (κ3) is 3.36. The van der Waals surface area contributed by atoms with Crippen LogP contribution < -0.4 is 9.47 Å². The van der Waals surface area contributed by atoms with Crippen LogP contribution in [0.2, 0.25) is 5.02 Å². The fourth-order valence-corrected chi connectivity index (χ4v) is 4.02. The Balaban J connectivity index is 1.23. The Kier molecular flexibility index (Phi) is 4.54. The van der Waals surface area contributed by atoms with Crippen molar-refractivity contribution in [3.05, 3.63) is 83.6 Å². The van der Waals surface area contributed by atoms with Crippen molar-refractivity contribution in [3.8, 4) is 28.6 Å². The van der Waals surface area contributed by atoms with E-state index < -0.39 is 0 Å². The number of hydrogen-bond donors (Lipinski definition) is 0. The molecule has 5 aromatic rings. The lowest BCUT2D eigenvalue weighted by Crippen LogP contribution is -2.05. The van der Waals surface area contributed by atoms with Crippen molar-refractivity contribution >= 4 is 22.6 Å². The van der Waals surface area contributed by atoms with Crippen LogP contribution in [0.5, 0.6) is 11.5 Å². The first-order valence-corrected chi connectivity index (χ1v) is 10.6. The van der Waals surface area contributed by atoms with E-state index in [-0.39, 0.29) is 0 Å². The Morgan fingerprint density at radius 1 is 1.03 bits per heavy atom. The number of rotatable bonds is 4. The maximum absolute atomic E-state index is 6.02. The van der Waals surface area contributed by atoms with E-state index in [1.165, 1.54) is 0 Å². The number of ether oxygens (including phenoxy) is 2. The van der Waals surface area contributed by atoms with Crippen LogP contribution in [0.3, 0.4) is 0 Å². The van der Waals surface area contributed by atoms with Gasteiger partial charge in [0.2, 0.25) is 0 Å². The van der Waals surface area contributed by atoms with E-state index in [9.17, 15) is 0 Å². The number of fused-ring (bicyclic) bond motifs is 5. The van der Waals surface area contributed by atoms with E-state index in [4.69, 9.17) is 26.1 Å². The molecule has 1 aliphatic rings. The van der Waals surface area contributed by atoms with Gasteiger partial charge < -0.3 is 14.0 Å². The number of para-hydroxylation sites is 2. The van der Waals surface area contributed by atoms with Crippen molar-refractivity contribution in [3.63, 3.8) is 0 Å². The summed E-state index contributed by atoms with van der Waals surface area (Å²) in [7, 11) is 0. The summed E-state index contributed by atoms with van der Waals surface area (Å²) in [5, 5.41) is 9.04. The van der Waals surface area contributed by atoms with E-state index >= 15 is 0 Å². The minimum atomic E-state index is 0.297. The molecule has 0 bridgehead atoms. The van der Waals surface area contributed by atoms with Crippen molar-refractivity contribution in [2.75, 3.05) is 6.61 Å². The minimum Gasteiger partial charge on any atom is -0.491 e. The molecule has 3 heterocycles. The summed E-state index contributed by atoms with van der Waals surface area (Å²) in [6.07, 6.45) is 1.84. The van der Waals surface area contributed by atoms with E-state index in [2.05, 4.69) is 20.9 Å². The number of halogens is 1. The Hall–Kier alpha value is -3.84. The lowest BCUT2D eigenvalue weighted by molar-refractivity contribution is 0.289. The zero-order valence-corrected chi connectivity index (χ0v) is 17.7. The molecule has 0 saturated heterocycles. The van der Waals surface area contributed by atoms with Crippen LogP contribution in [0.1, 0.15) is 5.69 Å². The summed E-state index contributed by atoms with van der Waals surface area (Å²) in [6.45, 7) is 1.61. The molecule has 8 heteroatoms. The molecule has 0 radical (unpaired) electrons. The molecule has 6 rings (SSSR count). The number of benzene rings is 3. The molecule has 0 fully saturated rings. The van der Waals surface area contributed by atoms with Crippen LogP contribution in [0.4, 0.5) is 0 Å². The number of hydrogen-bond acceptors (Lipinski definition) is 5. The van der Waals surface area contributed by atoms with Gasteiger partial charge >= 0.3 is 0 Å². The fraction of sp³-hybridized carbons (Fsp3) is 0.125. The van der Waals surface area contributed by atoms with E-state index in [1.54, 1.807) is 4.68 Å². The van der Waals surface area contributed by atoms with Crippen LogP contribution in [-0.4, -0.2) is 31.2 Å². The first kappa shape index (κ1) is 18.9. The molecule has 1 aliphatic heterocycles. The predicted octanol–water partition coefficient (Wildman–Crippen LogP) is 4.91. The maximum atomic E-state index is 6.02. The highest BCUT2D eigenvalue weighted by molar-refractivity contribution is 6.30. The zero-order chi connectivity index (χ0) is 21.5. The molecule has 0 amide bonds. The topological polar surface area (TPSA) is 67.0 Å². The monoisotopic (exact) mass is 443 g/mol. The van der Waals surface area contributed by atoms with Gasteiger partial charge in [0, 0.05) is 11.1 Å². The third-order valence-corrected chi connectivity index (χ3v) is 5.69. The zero-order valence-electron chi connectivity index (χ0n) is 17.0. The van der Waals surface area contributed by atoms with Gasteiger partial charge in [-0.15, -0.1) is 5.10 Å². The molecule has 0 aliphatic carbocycles. The summed E-state index contributed by atoms with van der Waals surface area (Å²) in [4.78, 5) is 4.83. The first-order valence-electron chi connectivity index (χ1n) is 10.3. The summed E-state index contributed by atoms with van der Waals surface area (Å²) in [5.41, 5.74) is 4.66. The van der Waals surface area contributed by atoms with Crippen LogP contribution in [0, 0.1) is 0 Å². The molecule has 0 saturated carbocycles. The van der Waals surface area contributed by atoms with E-state index in [1.807, 2.05) is 66.9 Å². The van der Waals surface area contributed by atoms with Gasteiger partial charge in [0.05, 0.1) is 35.0 Å². The molecule has 2 aromatic heterocycles. The Morgan fingerprint density at radius 3 is 2.81 bits per heavy atom. The Bertz CT molecular complexity index is 1420. The molecule has 158 valence electrons. The predicted molar refractivity (Wildman–Crippen MR) is 121 cm³/mol. The van der Waals surface area contributed by atoms with Crippen molar-refractivity contribution in [1.82, 2.24) is 24.5 Å². The molecule has 3 aromatic carbocycles. The smallest absolute Gasteiger partial charge is 0.145 e. The van der Waals surface area contributed by atoms with Crippen LogP contribution >= 0.6 is 11.6 Å². The lowest BCUT2D eigenvalue weighted by Gasteiger charge is -2.09. The van der Waals surface area contributed by atoms with Gasteiger partial charge in [-0.25, -0.2) is 9.67 Å². The van der Waals surface area contributed by atoms with Gasteiger partial charge in [-0.3, -0.25) is 0 Å². The van der Waals surface area contributed by atoms with Gasteiger partial charge in [0.15, 0.2) is 0 Å². The molecular formula is C24H18ClN5O2. The van der Waals surface area contributed by atoms with Crippen LogP contribution in [0.15, 0.2) is 72.9 Å². The molecule has 7 nitrogen and oxygen atoms in total. The van der Waals surface area contributed by atoms with E-state index in [0.717, 1.165) is 46.1 Å². The third-order valence-electron chi connectivity index (χ3n) is 5.44. The minimum absolute atomic E-state index is 0.297. The van der Waals surface area contributed by atoms with Gasteiger partial charge in [-0.1, -0.05) is 28.9 Å². The second-order valence-electron chi connectivity index (χ2n) is 7.50. The first-order chi connectivity index (χ1) is 15.7. The van der Waals surface area contributed by atoms with Crippen molar-refractivity contribution in [2.45, 2.75) is 13.2 Å². The molecule has 0 N–H and O–H groups in total. The highest BCUT2D eigenvalue weighted by Gasteiger charge is 2.20. The van der Waals surface area contributed by atoms with Gasteiger partial charge in [0.25, 0.3) is 0 Å². The summed E-state index contributed by atoms with van der Waals surface area (Å²) in [6, 6.07) is 21.4. The number of imidazole rings is 1. The number of nitrogens with zero attached hydrogens (tertiary/aromatic N) is 5. The molecule has 0 atom stereocenters. The second-order valence-corrected chi connectivity index (χ2v) is 7.94. The summed E-state index contributed by atoms with van der Waals surface area (Å²) >= 11 is 5.95. The van der Waals surface area contributed by atoms with Crippen molar-refractivity contribution in [1.29, 1.82) is 0 Å². The SMILES string of the molecule is Clc1ccc(-n2cc(COc3ccc4c(c3)OCCn3c-4nc4ccccc43)nn2)cc1. The fourth-order valence-electron chi connectivity index (χ4n) is 3.89. The van der Waals surface area contributed by atoms with Gasteiger partial charge in [-0.2, -0.15) is 0 Å². The van der Waals surface area contributed by atoms with Gasteiger partial charge in [-0.05, 0) is 48.5 Å². The van der Waals surface area contributed by atoms with Crippen LogP contribution in [-0.2, 0) is 13.2 Å². The Morgan fingerprint density at radius 2 is 1.91 bits per heavy atom. The largest absolute Gasteiger partial charge is 0.491 e. The Labute approximate surface area is 188 Å². The van der Waals surface area contributed by atoms with Gasteiger partial charge in [0.1, 0.15) is 36.2 Å². The van der Waals surface area contributed by atoms with Crippen molar-refractivity contribution in [2.24, 2.45) is 0 Å². The molecule has 0 spiro atoms. The quantitative estimate of drug-likeness (QED) is 0.395. The standard InChI is InChI=1S/C24H18ClN5O2/c25-16-5-7-18(8-6-16)30-14-17(27-28-30)15-32-19-9-10-20-23(13-19)31-12-11-29-22-4-2-1-3-21(22)26-24(20)29/h1-10,13-14H,11-12,15H2. The highest BCUT2D eigenvalue weighted by Crippen LogP contribution is 2.36.